The lowest BCUT2D eigenvalue weighted by atomic mass is 10.1. The van der Waals surface area contributed by atoms with Crippen molar-refractivity contribution >= 4 is 17.9 Å². The van der Waals surface area contributed by atoms with E-state index in [2.05, 4.69) is 4.89 Å². The lowest BCUT2D eigenvalue weighted by Gasteiger charge is -1.98. The Morgan fingerprint density at radius 1 is 1.00 bits per heavy atom. The number of carbonyl (C=O) groups is 3. The molecule has 3 N–H and O–H groups in total. The molecule has 0 aromatic heterocycles. The molecular formula is C10H10O7. The maximum atomic E-state index is 10.5. The molecule has 7 heteroatoms. The molecule has 7 nitrogen and oxygen atoms in total. The Hall–Kier alpha value is -2.41. The van der Waals surface area contributed by atoms with E-state index in [-0.39, 0.29) is 11.1 Å². The molecule has 0 aliphatic carbocycles. The van der Waals surface area contributed by atoms with E-state index < -0.39 is 17.9 Å². The lowest BCUT2D eigenvalue weighted by molar-refractivity contribution is -0.231. The molecule has 0 saturated carbocycles. The predicted octanol–water partition coefficient (Wildman–Crippen LogP) is 1.11. The van der Waals surface area contributed by atoms with Crippen LogP contribution in [0.15, 0.2) is 24.3 Å². The summed E-state index contributed by atoms with van der Waals surface area (Å²) >= 11 is 0. The van der Waals surface area contributed by atoms with Crippen molar-refractivity contribution in [3.05, 3.63) is 35.4 Å². The van der Waals surface area contributed by atoms with Crippen molar-refractivity contribution in [2.75, 3.05) is 0 Å². The van der Waals surface area contributed by atoms with Crippen LogP contribution in [0, 0.1) is 0 Å². The van der Waals surface area contributed by atoms with Crippen LogP contribution in [-0.2, 0) is 9.68 Å². The molecule has 0 fully saturated rings. The van der Waals surface area contributed by atoms with E-state index in [1.54, 1.807) is 0 Å². The number of hydrogen-bond acceptors (Lipinski definition) is 5. The van der Waals surface area contributed by atoms with Gasteiger partial charge < -0.3 is 15.1 Å². The first-order valence-corrected chi connectivity index (χ1v) is 4.27. The molecule has 0 saturated heterocycles. The molecule has 0 spiro atoms. The molecule has 0 bridgehead atoms. The van der Waals surface area contributed by atoms with E-state index in [9.17, 15) is 14.4 Å². The first kappa shape index (κ1) is 14.6. The van der Waals surface area contributed by atoms with E-state index in [0.717, 1.165) is 6.92 Å². The van der Waals surface area contributed by atoms with Crippen LogP contribution in [0.1, 0.15) is 27.6 Å². The zero-order chi connectivity index (χ0) is 13.4. The summed E-state index contributed by atoms with van der Waals surface area (Å²) in [5.74, 6) is -3.15. The van der Waals surface area contributed by atoms with Gasteiger partial charge in [0.25, 0.3) is 0 Å². The van der Waals surface area contributed by atoms with Crippen LogP contribution in [0.2, 0.25) is 0 Å². The van der Waals surface area contributed by atoms with E-state index in [4.69, 9.17) is 15.5 Å². The molecule has 0 aliphatic rings. The van der Waals surface area contributed by atoms with Crippen LogP contribution >= 0.6 is 0 Å². The highest BCUT2D eigenvalue weighted by molar-refractivity contribution is 6.01. The number of hydrogen-bond donors (Lipinski definition) is 3. The van der Waals surface area contributed by atoms with Crippen molar-refractivity contribution in [3.63, 3.8) is 0 Å². The molecule has 1 aromatic rings. The second-order valence-electron chi connectivity index (χ2n) is 2.74. The second-order valence-corrected chi connectivity index (χ2v) is 2.74. The SMILES string of the molecule is CC(=O)OO.O=C(O)c1ccccc1C(=O)O. The Balaban J connectivity index is 0.000000437. The Bertz CT molecular complexity index is 391. The van der Waals surface area contributed by atoms with Gasteiger partial charge in [-0.05, 0) is 12.1 Å². The second kappa shape index (κ2) is 6.96. The third-order valence-corrected chi connectivity index (χ3v) is 1.52. The number of benzene rings is 1. The summed E-state index contributed by atoms with van der Waals surface area (Å²) in [6.07, 6.45) is 0. The molecule has 0 amide bonds. The smallest absolute Gasteiger partial charge is 0.339 e. The standard InChI is InChI=1S/C8H6O4.C2H4O3/c9-7(10)5-3-1-2-4-6(5)8(11)12;1-2(3)5-4/h1-4H,(H,9,10)(H,11,12);4H,1H3. The summed E-state index contributed by atoms with van der Waals surface area (Å²) in [4.78, 5) is 33.4. The number of aromatic carboxylic acids is 2. The number of carbonyl (C=O) groups excluding carboxylic acids is 1. The third kappa shape index (κ3) is 5.28. The maximum absolute atomic E-state index is 10.5. The molecular weight excluding hydrogens is 232 g/mol. The highest BCUT2D eigenvalue weighted by Gasteiger charge is 2.13. The number of carboxylic acids is 2. The van der Waals surface area contributed by atoms with Crippen molar-refractivity contribution in [3.8, 4) is 0 Å². The van der Waals surface area contributed by atoms with E-state index in [1.807, 2.05) is 0 Å². The lowest BCUT2D eigenvalue weighted by Crippen LogP contribution is -2.06. The molecule has 0 atom stereocenters. The highest BCUT2D eigenvalue weighted by atomic mass is 17.1. The summed E-state index contributed by atoms with van der Waals surface area (Å²) in [5, 5.41) is 24.4. The van der Waals surface area contributed by atoms with Crippen LogP contribution in [-0.4, -0.2) is 33.4 Å². The van der Waals surface area contributed by atoms with Crippen LogP contribution in [0.25, 0.3) is 0 Å². The minimum atomic E-state index is -1.23. The summed E-state index contributed by atoms with van der Waals surface area (Å²) in [7, 11) is 0. The first-order valence-electron chi connectivity index (χ1n) is 4.27. The monoisotopic (exact) mass is 242 g/mol. The fourth-order valence-corrected chi connectivity index (χ4v) is 0.856. The van der Waals surface area contributed by atoms with Crippen molar-refractivity contribution < 1.29 is 34.7 Å². The fraction of sp³-hybridized carbons (Fsp3) is 0.100. The van der Waals surface area contributed by atoms with E-state index in [0.29, 0.717) is 0 Å². The van der Waals surface area contributed by atoms with E-state index in [1.165, 1.54) is 24.3 Å². The van der Waals surface area contributed by atoms with Gasteiger partial charge in [-0.1, -0.05) is 12.1 Å². The molecule has 92 valence electrons. The average Bonchev–Trinajstić information content (AvgIpc) is 2.29. The summed E-state index contributed by atoms with van der Waals surface area (Å²) < 4.78 is 0. The topological polar surface area (TPSA) is 121 Å². The van der Waals surface area contributed by atoms with E-state index >= 15 is 0 Å². The summed E-state index contributed by atoms with van der Waals surface area (Å²) in [6.45, 7) is 1.11. The van der Waals surface area contributed by atoms with Crippen LogP contribution in [0.5, 0.6) is 0 Å². The third-order valence-electron chi connectivity index (χ3n) is 1.52. The molecule has 0 unspecified atom stereocenters. The van der Waals surface area contributed by atoms with Gasteiger partial charge in [0, 0.05) is 6.92 Å². The minimum Gasteiger partial charge on any atom is -0.478 e. The molecule has 1 aromatic carbocycles. The molecule has 0 radical (unpaired) electrons. The van der Waals surface area contributed by atoms with Crippen molar-refractivity contribution in [2.24, 2.45) is 0 Å². The van der Waals surface area contributed by atoms with Crippen molar-refractivity contribution in [2.45, 2.75) is 6.92 Å². The molecule has 0 heterocycles. The maximum Gasteiger partial charge on any atom is 0.339 e. The zero-order valence-corrected chi connectivity index (χ0v) is 8.78. The van der Waals surface area contributed by atoms with Gasteiger partial charge in [0.05, 0.1) is 11.1 Å². The Morgan fingerprint density at radius 2 is 1.29 bits per heavy atom. The van der Waals surface area contributed by atoms with Gasteiger partial charge >= 0.3 is 17.9 Å². The Labute approximate surface area is 95.8 Å². The normalized spacial score (nSPS) is 8.59. The van der Waals surface area contributed by atoms with Gasteiger partial charge in [0.1, 0.15) is 0 Å². The molecule has 17 heavy (non-hydrogen) atoms. The number of carboxylic acid groups (broad SMARTS) is 2. The van der Waals surface area contributed by atoms with Crippen LogP contribution in [0.3, 0.4) is 0 Å². The minimum absolute atomic E-state index is 0.190. The Morgan fingerprint density at radius 3 is 1.47 bits per heavy atom. The van der Waals surface area contributed by atoms with Gasteiger partial charge in [-0.2, -0.15) is 5.26 Å². The summed E-state index contributed by atoms with van der Waals surface area (Å²) in [5.41, 5.74) is -0.380. The zero-order valence-electron chi connectivity index (χ0n) is 8.78. The molecule has 1 rings (SSSR count). The largest absolute Gasteiger partial charge is 0.478 e. The van der Waals surface area contributed by atoms with Gasteiger partial charge in [0.15, 0.2) is 0 Å². The average molecular weight is 242 g/mol. The van der Waals surface area contributed by atoms with Crippen molar-refractivity contribution in [1.82, 2.24) is 0 Å². The molecule has 0 aliphatic heterocycles. The van der Waals surface area contributed by atoms with Crippen LogP contribution in [0.4, 0.5) is 0 Å². The van der Waals surface area contributed by atoms with Crippen LogP contribution < -0.4 is 0 Å². The van der Waals surface area contributed by atoms with Gasteiger partial charge in [-0.25, -0.2) is 14.4 Å². The quantitative estimate of drug-likeness (QED) is 0.524. The summed E-state index contributed by atoms with van der Waals surface area (Å²) in [6, 6.07) is 5.48. The van der Waals surface area contributed by atoms with Crippen molar-refractivity contribution in [1.29, 1.82) is 0 Å². The van der Waals surface area contributed by atoms with Gasteiger partial charge in [-0.3, -0.25) is 0 Å². The number of rotatable bonds is 2. The van der Waals surface area contributed by atoms with Gasteiger partial charge in [0.2, 0.25) is 0 Å². The Kier molecular flexibility index (Phi) is 5.98. The predicted molar refractivity (Wildman–Crippen MR) is 54.8 cm³/mol. The first-order chi connectivity index (χ1) is 7.90. The fourth-order valence-electron chi connectivity index (χ4n) is 0.856. The highest BCUT2D eigenvalue weighted by Crippen LogP contribution is 2.07. The van der Waals surface area contributed by atoms with Gasteiger partial charge in [-0.15, -0.1) is 0 Å².